The molecule has 1 fully saturated rings. The van der Waals surface area contributed by atoms with E-state index in [9.17, 15) is 9.59 Å². The van der Waals surface area contributed by atoms with E-state index in [1.54, 1.807) is 0 Å². The highest BCUT2D eigenvalue weighted by Crippen LogP contribution is 2.01. The summed E-state index contributed by atoms with van der Waals surface area (Å²) in [5.41, 5.74) is 16.8. The van der Waals surface area contributed by atoms with E-state index in [0.717, 1.165) is 26.2 Å². The minimum Gasteiger partial charge on any atom is -0.401 e. The van der Waals surface area contributed by atoms with E-state index in [2.05, 4.69) is 11.5 Å². The highest BCUT2D eigenvalue weighted by molar-refractivity contribution is 5.76. The van der Waals surface area contributed by atoms with Gasteiger partial charge in [0.05, 0.1) is 13.1 Å². The van der Waals surface area contributed by atoms with E-state index in [1.807, 2.05) is 9.80 Å². The van der Waals surface area contributed by atoms with Crippen LogP contribution in [-0.4, -0.2) is 85.4 Å². The number of nitrogens with zero attached hydrogens (tertiary/aromatic N) is 3. The van der Waals surface area contributed by atoms with Crippen molar-refractivity contribution in [3.05, 3.63) is 12.3 Å². The number of carbonyl (C=O) groups is 2. The highest BCUT2D eigenvalue weighted by atomic mass is 16.1. The molecule has 0 atom stereocenters. The maximum absolute atomic E-state index is 11.1. The lowest BCUT2D eigenvalue weighted by Gasteiger charge is -2.25. The van der Waals surface area contributed by atoms with Crippen LogP contribution < -0.4 is 17.2 Å². The number of amides is 2. The summed E-state index contributed by atoms with van der Waals surface area (Å²) in [6, 6.07) is 0. The molecular weight excluding hydrogens is 272 g/mol. The second-order valence-corrected chi connectivity index (χ2v) is 5.42. The first-order chi connectivity index (χ1) is 9.86. The Morgan fingerprint density at radius 1 is 0.714 bits per heavy atom. The van der Waals surface area contributed by atoms with Gasteiger partial charge in [-0.25, -0.2) is 0 Å². The Morgan fingerprint density at radius 3 is 1.24 bits per heavy atom. The minimum absolute atomic E-state index is 0.210. The third kappa shape index (κ3) is 7.64. The van der Waals surface area contributed by atoms with Crippen LogP contribution in [0, 0.1) is 0 Å². The topological polar surface area (TPSA) is 122 Å². The zero-order valence-corrected chi connectivity index (χ0v) is 12.5. The number of carbonyl (C=O) groups excluding carboxylic acids is 2. The zero-order chi connectivity index (χ0) is 15.8. The maximum atomic E-state index is 11.1. The van der Waals surface area contributed by atoms with Crippen LogP contribution in [0.15, 0.2) is 12.3 Å². The smallest absolute Gasteiger partial charge is 0.231 e. The third-order valence-corrected chi connectivity index (χ3v) is 3.38. The van der Waals surface area contributed by atoms with Crippen molar-refractivity contribution in [2.24, 2.45) is 17.2 Å². The molecule has 0 unspecified atom stereocenters. The maximum Gasteiger partial charge on any atom is 0.231 e. The van der Waals surface area contributed by atoms with Crippen LogP contribution in [0.1, 0.15) is 0 Å². The van der Waals surface area contributed by atoms with E-state index in [4.69, 9.17) is 17.2 Å². The number of hydrogen-bond acceptors (Lipinski definition) is 6. The van der Waals surface area contributed by atoms with Crippen molar-refractivity contribution in [2.75, 3.05) is 58.9 Å². The number of rotatable bonds is 6. The van der Waals surface area contributed by atoms with Crippen LogP contribution in [0.5, 0.6) is 0 Å². The first kappa shape index (κ1) is 17.4. The molecule has 0 aromatic carbocycles. The third-order valence-electron chi connectivity index (χ3n) is 3.38. The molecule has 0 aliphatic carbocycles. The van der Waals surface area contributed by atoms with E-state index >= 15 is 0 Å². The normalized spacial score (nSPS) is 19.4. The van der Waals surface area contributed by atoms with Crippen molar-refractivity contribution in [2.45, 2.75) is 0 Å². The molecule has 0 saturated carbocycles. The molecular formula is C13H26N6O2. The summed E-state index contributed by atoms with van der Waals surface area (Å²) in [5.74, 6) is -0.712. The van der Waals surface area contributed by atoms with Crippen molar-refractivity contribution in [3.63, 3.8) is 0 Å². The van der Waals surface area contributed by atoms with Crippen molar-refractivity contribution in [1.82, 2.24) is 14.7 Å². The van der Waals surface area contributed by atoms with Crippen LogP contribution in [0.25, 0.3) is 0 Å². The van der Waals surface area contributed by atoms with Gasteiger partial charge in [-0.1, -0.05) is 6.58 Å². The van der Waals surface area contributed by atoms with Crippen molar-refractivity contribution in [1.29, 1.82) is 0 Å². The van der Waals surface area contributed by atoms with Crippen molar-refractivity contribution < 1.29 is 9.59 Å². The highest BCUT2D eigenvalue weighted by Gasteiger charge is 2.18. The van der Waals surface area contributed by atoms with Crippen LogP contribution in [0.2, 0.25) is 0 Å². The van der Waals surface area contributed by atoms with Crippen molar-refractivity contribution >= 4 is 11.8 Å². The predicted molar refractivity (Wildman–Crippen MR) is 81.0 cm³/mol. The van der Waals surface area contributed by atoms with Gasteiger partial charge in [0.2, 0.25) is 11.8 Å². The molecule has 1 rings (SSSR count). The van der Waals surface area contributed by atoms with Gasteiger partial charge in [0, 0.05) is 51.5 Å². The minimum atomic E-state index is -0.356. The standard InChI is InChI=1S/C13H26N6O2/c1-11(14)8-17-2-4-18(9-12(15)20)6-7-19(5-3-17)10-13(16)21/h1-10,14H2,(H2,15,20)(H2,16,21). The SMILES string of the molecule is C=C(N)CN1CCN(CC(N)=O)CCN(CC(N)=O)CC1. The summed E-state index contributed by atoms with van der Waals surface area (Å²) in [6.07, 6.45) is 0. The molecule has 0 radical (unpaired) electrons. The molecule has 6 N–H and O–H groups in total. The van der Waals surface area contributed by atoms with Crippen LogP contribution in [0.3, 0.4) is 0 Å². The predicted octanol–water partition coefficient (Wildman–Crippen LogP) is -2.65. The summed E-state index contributed by atoms with van der Waals surface area (Å²) >= 11 is 0. The molecule has 21 heavy (non-hydrogen) atoms. The molecule has 2 amide bonds. The van der Waals surface area contributed by atoms with Crippen LogP contribution in [0.4, 0.5) is 0 Å². The van der Waals surface area contributed by atoms with E-state index in [0.29, 0.717) is 25.3 Å². The lowest BCUT2D eigenvalue weighted by atomic mass is 10.3. The van der Waals surface area contributed by atoms with Gasteiger partial charge >= 0.3 is 0 Å². The average molecular weight is 298 g/mol. The van der Waals surface area contributed by atoms with Gasteiger partial charge < -0.3 is 17.2 Å². The van der Waals surface area contributed by atoms with E-state index in [-0.39, 0.29) is 24.9 Å². The van der Waals surface area contributed by atoms with Gasteiger partial charge in [-0.05, 0) is 0 Å². The molecule has 0 spiro atoms. The Bertz CT molecular complexity index is 318. The largest absolute Gasteiger partial charge is 0.401 e. The van der Waals surface area contributed by atoms with Crippen LogP contribution in [-0.2, 0) is 9.59 Å². The fraction of sp³-hybridized carbons (Fsp3) is 0.692. The summed E-state index contributed by atoms with van der Waals surface area (Å²) in [4.78, 5) is 28.3. The Hall–Kier alpha value is -1.64. The first-order valence-corrected chi connectivity index (χ1v) is 7.03. The number of primary amides is 2. The summed E-state index contributed by atoms with van der Waals surface area (Å²) in [6.45, 7) is 9.07. The molecule has 0 aromatic heterocycles. The van der Waals surface area contributed by atoms with E-state index in [1.165, 1.54) is 0 Å². The Morgan fingerprint density at radius 2 is 1.00 bits per heavy atom. The molecule has 1 aliphatic rings. The van der Waals surface area contributed by atoms with Crippen LogP contribution >= 0.6 is 0 Å². The fourth-order valence-corrected chi connectivity index (χ4v) is 2.39. The Balaban J connectivity index is 2.68. The van der Waals surface area contributed by atoms with Gasteiger partial charge in [-0.3, -0.25) is 24.3 Å². The number of nitrogens with two attached hydrogens (primary N) is 3. The van der Waals surface area contributed by atoms with Gasteiger partial charge in [0.15, 0.2) is 0 Å². The second kappa shape index (κ2) is 8.60. The van der Waals surface area contributed by atoms with E-state index < -0.39 is 0 Å². The molecule has 8 nitrogen and oxygen atoms in total. The summed E-state index contributed by atoms with van der Waals surface area (Å²) < 4.78 is 0. The molecule has 1 aliphatic heterocycles. The lowest BCUT2D eigenvalue weighted by Crippen LogP contribution is -2.42. The molecule has 1 saturated heterocycles. The summed E-state index contributed by atoms with van der Waals surface area (Å²) in [7, 11) is 0. The molecule has 0 aromatic rings. The average Bonchev–Trinajstić information content (AvgIpc) is 2.42. The second-order valence-electron chi connectivity index (χ2n) is 5.42. The quantitative estimate of drug-likeness (QED) is 0.492. The van der Waals surface area contributed by atoms with Gasteiger partial charge in [-0.15, -0.1) is 0 Å². The fourth-order valence-electron chi connectivity index (χ4n) is 2.39. The van der Waals surface area contributed by atoms with Gasteiger partial charge in [-0.2, -0.15) is 0 Å². The van der Waals surface area contributed by atoms with Gasteiger partial charge in [0.1, 0.15) is 0 Å². The Labute approximate surface area is 125 Å². The Kier molecular flexibility index (Phi) is 7.13. The first-order valence-electron chi connectivity index (χ1n) is 7.03. The molecule has 0 bridgehead atoms. The van der Waals surface area contributed by atoms with Gasteiger partial charge in [0.25, 0.3) is 0 Å². The lowest BCUT2D eigenvalue weighted by molar-refractivity contribution is -0.120. The summed E-state index contributed by atoms with van der Waals surface area (Å²) in [5, 5.41) is 0. The van der Waals surface area contributed by atoms with Crippen molar-refractivity contribution in [3.8, 4) is 0 Å². The monoisotopic (exact) mass is 298 g/mol. The molecule has 8 heteroatoms. The zero-order valence-electron chi connectivity index (χ0n) is 12.5. The molecule has 1 heterocycles. The molecule has 120 valence electrons. The number of hydrogen-bond donors (Lipinski definition) is 3.